The Morgan fingerprint density at radius 3 is 2.78 bits per heavy atom. The fourth-order valence-corrected chi connectivity index (χ4v) is 3.75. The first kappa shape index (κ1) is 15.9. The van der Waals surface area contributed by atoms with Crippen molar-refractivity contribution < 1.29 is 14.0 Å². The van der Waals surface area contributed by atoms with Crippen LogP contribution >= 0.6 is 0 Å². The van der Waals surface area contributed by atoms with E-state index in [9.17, 15) is 9.18 Å². The highest BCUT2D eigenvalue weighted by Crippen LogP contribution is 2.43. The predicted octanol–water partition coefficient (Wildman–Crippen LogP) is 3.42. The van der Waals surface area contributed by atoms with Crippen LogP contribution in [0.4, 0.5) is 10.1 Å². The molecule has 3 aromatic rings. The number of rotatable bonds is 2. The molecular formula is C20H15FN4O2. The van der Waals surface area contributed by atoms with E-state index in [1.165, 1.54) is 12.1 Å². The Bertz CT molecular complexity index is 1050. The molecule has 2 aliphatic heterocycles. The molecule has 0 bridgehead atoms. The monoisotopic (exact) mass is 362 g/mol. The van der Waals surface area contributed by atoms with Gasteiger partial charge in [-0.05, 0) is 23.8 Å². The average Bonchev–Trinajstić information content (AvgIpc) is 3.16. The molecule has 0 saturated carbocycles. The van der Waals surface area contributed by atoms with E-state index in [0.717, 1.165) is 11.3 Å². The molecule has 134 valence electrons. The zero-order chi connectivity index (χ0) is 18.4. The van der Waals surface area contributed by atoms with Crippen molar-refractivity contribution in [3.8, 4) is 0 Å². The molecule has 3 heterocycles. The van der Waals surface area contributed by atoms with E-state index >= 15 is 0 Å². The van der Waals surface area contributed by atoms with E-state index < -0.39 is 11.9 Å². The Balaban J connectivity index is 1.75. The summed E-state index contributed by atoms with van der Waals surface area (Å²) in [6, 6.07) is 14.2. The van der Waals surface area contributed by atoms with Crippen molar-refractivity contribution in [2.75, 3.05) is 12.0 Å². The molecule has 7 heteroatoms. The molecule has 2 aliphatic rings. The molecule has 0 aliphatic carbocycles. The third kappa shape index (κ3) is 2.55. The van der Waals surface area contributed by atoms with Crippen LogP contribution < -0.4 is 5.48 Å². The first-order valence-corrected chi connectivity index (χ1v) is 8.59. The van der Waals surface area contributed by atoms with Crippen molar-refractivity contribution in [3.05, 3.63) is 82.9 Å². The average molecular weight is 362 g/mol. The number of aliphatic imine (C=N–C) groups is 1. The second-order valence-corrected chi connectivity index (χ2v) is 6.54. The Hall–Kier alpha value is -3.32. The van der Waals surface area contributed by atoms with Gasteiger partial charge in [0.05, 0.1) is 17.3 Å². The van der Waals surface area contributed by atoms with E-state index in [2.05, 4.69) is 20.7 Å². The summed E-state index contributed by atoms with van der Waals surface area (Å²) in [6.07, 6.45) is 1.22. The van der Waals surface area contributed by atoms with Crippen LogP contribution in [-0.2, 0) is 4.84 Å². The van der Waals surface area contributed by atoms with Gasteiger partial charge in [-0.3, -0.25) is 25.2 Å². The van der Waals surface area contributed by atoms with E-state index in [-0.39, 0.29) is 18.2 Å². The van der Waals surface area contributed by atoms with Crippen LogP contribution in [0.1, 0.15) is 39.2 Å². The van der Waals surface area contributed by atoms with Gasteiger partial charge >= 0.3 is 0 Å². The number of aromatic amines is 1. The van der Waals surface area contributed by atoms with Crippen LogP contribution in [0.25, 0.3) is 0 Å². The van der Waals surface area contributed by atoms with Crippen LogP contribution in [0.5, 0.6) is 0 Å². The highest BCUT2D eigenvalue weighted by molar-refractivity contribution is 6.20. The molecule has 0 spiro atoms. The first-order valence-electron chi connectivity index (χ1n) is 8.59. The summed E-state index contributed by atoms with van der Waals surface area (Å²) in [6.45, 7) is -0.0165. The lowest BCUT2D eigenvalue weighted by Gasteiger charge is -2.26. The zero-order valence-electron chi connectivity index (χ0n) is 14.1. The van der Waals surface area contributed by atoms with Crippen molar-refractivity contribution >= 4 is 17.2 Å². The molecule has 1 aromatic heterocycles. The molecule has 0 fully saturated rings. The molecule has 27 heavy (non-hydrogen) atoms. The van der Waals surface area contributed by atoms with Gasteiger partial charge in [0.2, 0.25) is 0 Å². The number of carbonyl (C=O) groups excluding carboxylic acids is 1. The summed E-state index contributed by atoms with van der Waals surface area (Å²) >= 11 is 0. The standard InChI is InChI=1S/C20H15FN4O2/c21-12-8-13-16(26)10-22-19-17(13)15(9-12)25-27-20(11-4-2-1-3-5-11)18(19)14-6-7-23-24-14/h1-9,18,20,25H,10H2,(H,23,24). The van der Waals surface area contributed by atoms with Crippen LogP contribution in [0, 0.1) is 5.82 Å². The lowest BCUT2D eigenvalue weighted by Crippen LogP contribution is -2.27. The smallest absolute Gasteiger partial charge is 0.185 e. The lowest BCUT2D eigenvalue weighted by molar-refractivity contribution is 0.0939. The van der Waals surface area contributed by atoms with Gasteiger partial charge in [-0.15, -0.1) is 0 Å². The normalized spacial score (nSPS) is 21.1. The summed E-state index contributed by atoms with van der Waals surface area (Å²) in [5, 5.41) is 7.07. The van der Waals surface area contributed by atoms with Crippen LogP contribution in [-0.4, -0.2) is 28.2 Å². The molecule has 6 nitrogen and oxygen atoms in total. The van der Waals surface area contributed by atoms with Crippen LogP contribution in [0.3, 0.4) is 0 Å². The highest BCUT2D eigenvalue weighted by Gasteiger charge is 2.39. The quantitative estimate of drug-likeness (QED) is 0.732. The molecule has 5 rings (SSSR count). The summed E-state index contributed by atoms with van der Waals surface area (Å²) in [4.78, 5) is 22.9. The minimum atomic E-state index is -0.495. The Morgan fingerprint density at radius 1 is 1.15 bits per heavy atom. The van der Waals surface area contributed by atoms with Crippen LogP contribution in [0.2, 0.25) is 0 Å². The molecule has 0 radical (unpaired) electrons. The van der Waals surface area contributed by atoms with Crippen molar-refractivity contribution in [3.63, 3.8) is 0 Å². The predicted molar refractivity (Wildman–Crippen MR) is 97.4 cm³/mol. The number of aromatic nitrogens is 2. The number of nitrogens with zero attached hydrogens (tertiary/aromatic N) is 2. The molecule has 2 N–H and O–H groups in total. The summed E-state index contributed by atoms with van der Waals surface area (Å²) in [7, 11) is 0. The minimum Gasteiger partial charge on any atom is -0.292 e. The maximum atomic E-state index is 14.1. The number of nitrogens with one attached hydrogen (secondary N) is 2. The maximum absolute atomic E-state index is 14.1. The molecule has 0 amide bonds. The van der Waals surface area contributed by atoms with Crippen molar-refractivity contribution in [1.82, 2.24) is 10.2 Å². The van der Waals surface area contributed by atoms with Crippen LogP contribution in [0.15, 0.2) is 59.7 Å². The molecule has 2 aromatic carbocycles. The van der Waals surface area contributed by atoms with Gasteiger partial charge in [-0.1, -0.05) is 30.3 Å². The molecule has 2 unspecified atom stereocenters. The van der Waals surface area contributed by atoms with Gasteiger partial charge in [0.1, 0.15) is 18.5 Å². The second-order valence-electron chi connectivity index (χ2n) is 6.54. The molecule has 0 saturated heterocycles. The van der Waals surface area contributed by atoms with Gasteiger partial charge < -0.3 is 0 Å². The Labute approximate surface area is 154 Å². The Morgan fingerprint density at radius 2 is 2.00 bits per heavy atom. The number of ketones is 1. The third-order valence-corrected chi connectivity index (χ3v) is 4.93. The summed E-state index contributed by atoms with van der Waals surface area (Å²) in [5.74, 6) is -1.04. The number of hydrogen-bond donors (Lipinski definition) is 2. The number of H-pyrrole nitrogens is 1. The lowest BCUT2D eigenvalue weighted by atomic mass is 9.82. The number of carbonyl (C=O) groups is 1. The van der Waals surface area contributed by atoms with Gasteiger partial charge in [0.15, 0.2) is 5.78 Å². The fraction of sp³-hybridized carbons (Fsp3) is 0.150. The SMILES string of the molecule is O=C1CN=C2c3c(cc(F)cc31)NOC(c1ccccc1)C2c1ccn[nH]1. The van der Waals surface area contributed by atoms with Gasteiger partial charge in [0, 0.05) is 23.0 Å². The zero-order valence-corrected chi connectivity index (χ0v) is 14.1. The minimum absolute atomic E-state index is 0.0165. The topological polar surface area (TPSA) is 79.4 Å². The van der Waals surface area contributed by atoms with E-state index in [1.54, 1.807) is 6.20 Å². The first-order chi connectivity index (χ1) is 13.2. The summed E-state index contributed by atoms with van der Waals surface area (Å²) in [5.41, 5.74) is 6.59. The van der Waals surface area contributed by atoms with E-state index in [4.69, 9.17) is 4.84 Å². The van der Waals surface area contributed by atoms with E-state index in [1.807, 2.05) is 36.4 Å². The van der Waals surface area contributed by atoms with Gasteiger partial charge in [-0.2, -0.15) is 5.10 Å². The largest absolute Gasteiger partial charge is 0.292 e. The van der Waals surface area contributed by atoms with Crippen molar-refractivity contribution in [2.24, 2.45) is 4.99 Å². The molecular weight excluding hydrogens is 347 g/mol. The summed E-state index contributed by atoms with van der Waals surface area (Å²) < 4.78 is 14.1. The molecule has 2 atom stereocenters. The fourth-order valence-electron chi connectivity index (χ4n) is 3.75. The number of benzene rings is 2. The maximum Gasteiger partial charge on any atom is 0.185 e. The number of halogens is 1. The van der Waals surface area contributed by atoms with Crippen molar-refractivity contribution in [1.29, 1.82) is 0 Å². The second kappa shape index (κ2) is 6.14. The Kier molecular flexibility index (Phi) is 3.61. The van der Waals surface area contributed by atoms with E-state index in [0.29, 0.717) is 22.5 Å². The number of hydrogen-bond acceptors (Lipinski definition) is 5. The van der Waals surface area contributed by atoms with Gasteiger partial charge in [-0.25, -0.2) is 4.39 Å². The van der Waals surface area contributed by atoms with Crippen molar-refractivity contribution in [2.45, 2.75) is 12.0 Å². The highest BCUT2D eigenvalue weighted by atomic mass is 19.1. The number of Topliss-reactive ketones (excluding diaryl/α,β-unsaturated/α-hetero) is 1. The van der Waals surface area contributed by atoms with Gasteiger partial charge in [0.25, 0.3) is 0 Å². The number of anilines is 1. The third-order valence-electron chi connectivity index (χ3n) is 4.93.